The lowest BCUT2D eigenvalue weighted by molar-refractivity contribution is 0.284. The quantitative estimate of drug-likeness (QED) is 0.766. The molecule has 140 valence electrons. The number of benzene rings is 1. The van der Waals surface area contributed by atoms with Crippen LogP contribution in [0.15, 0.2) is 46.5 Å². The molecule has 0 bridgehead atoms. The minimum atomic E-state index is -3.24. The van der Waals surface area contributed by atoms with Gasteiger partial charge in [-0.1, -0.05) is 18.2 Å². The first-order valence-corrected chi connectivity index (χ1v) is 10.6. The fourth-order valence-corrected chi connectivity index (χ4v) is 4.99. The first-order chi connectivity index (χ1) is 12.4. The van der Waals surface area contributed by atoms with Crippen LogP contribution >= 0.6 is 0 Å². The highest BCUT2D eigenvalue weighted by Crippen LogP contribution is 2.28. The van der Waals surface area contributed by atoms with Gasteiger partial charge < -0.3 is 4.90 Å². The van der Waals surface area contributed by atoms with Crippen LogP contribution in [0.1, 0.15) is 31.2 Å². The highest BCUT2D eigenvalue weighted by atomic mass is 32.2. The van der Waals surface area contributed by atoms with E-state index in [9.17, 15) is 12.8 Å². The number of rotatable bonds is 6. The van der Waals surface area contributed by atoms with E-state index < -0.39 is 15.4 Å². The number of likely N-dealkylation sites (tertiary alicyclic amines) is 1. The number of piperidine rings is 1. The van der Waals surface area contributed by atoms with Gasteiger partial charge in [0.1, 0.15) is 17.7 Å². The zero-order valence-electron chi connectivity index (χ0n) is 14.9. The van der Waals surface area contributed by atoms with Crippen LogP contribution in [0.5, 0.6) is 0 Å². The van der Waals surface area contributed by atoms with Crippen LogP contribution in [0, 0.1) is 5.82 Å². The molecule has 0 radical (unpaired) electrons. The SMILES string of the molecule is CC1(CS(=O)(=O)CC=CN2CCC(c3cccc(F)c3)CC2)C=NC=N1. The first kappa shape index (κ1) is 18.8. The molecule has 0 amide bonds. The average molecular weight is 377 g/mol. The number of halogens is 1. The van der Waals surface area contributed by atoms with Crippen molar-refractivity contribution in [3.8, 4) is 0 Å². The van der Waals surface area contributed by atoms with Crippen molar-refractivity contribution in [2.75, 3.05) is 24.6 Å². The minimum absolute atomic E-state index is 0.00419. The Labute approximate surface area is 154 Å². The Balaban J connectivity index is 1.48. The van der Waals surface area contributed by atoms with Gasteiger partial charge in [0.05, 0.1) is 11.5 Å². The van der Waals surface area contributed by atoms with E-state index in [0.717, 1.165) is 31.5 Å². The standard InChI is InChI=1S/C19H24FN3O2S/c1-19(13-21-15-22-19)14-26(24,25)11-3-8-23-9-6-16(7-10-23)17-4-2-5-18(20)12-17/h2-5,8,12-13,15-16H,6-7,9-11,14H2,1H3. The van der Waals surface area contributed by atoms with Crippen molar-refractivity contribution in [2.45, 2.75) is 31.2 Å². The molecule has 1 unspecified atom stereocenters. The molecule has 0 saturated carbocycles. The van der Waals surface area contributed by atoms with Crippen LogP contribution in [0.25, 0.3) is 0 Å². The molecule has 0 aromatic heterocycles. The maximum absolute atomic E-state index is 13.4. The second-order valence-electron chi connectivity index (χ2n) is 7.18. The molecule has 2 aliphatic rings. The van der Waals surface area contributed by atoms with Gasteiger partial charge in [-0.3, -0.25) is 4.99 Å². The zero-order chi connectivity index (χ0) is 18.6. The summed E-state index contributed by atoms with van der Waals surface area (Å²) in [6.45, 7) is 3.44. The van der Waals surface area contributed by atoms with Gasteiger partial charge in [0.15, 0.2) is 9.84 Å². The largest absolute Gasteiger partial charge is 0.378 e. The van der Waals surface area contributed by atoms with Crippen molar-refractivity contribution in [1.82, 2.24) is 4.90 Å². The highest BCUT2D eigenvalue weighted by molar-refractivity contribution is 7.91. The molecule has 2 heterocycles. The minimum Gasteiger partial charge on any atom is -0.378 e. The van der Waals surface area contributed by atoms with Crippen molar-refractivity contribution in [3.05, 3.63) is 47.9 Å². The summed E-state index contributed by atoms with van der Waals surface area (Å²) in [5.41, 5.74) is 0.305. The van der Waals surface area contributed by atoms with E-state index in [2.05, 4.69) is 14.9 Å². The maximum atomic E-state index is 13.4. The van der Waals surface area contributed by atoms with Crippen LogP contribution < -0.4 is 0 Å². The third-order valence-electron chi connectivity index (χ3n) is 4.80. The summed E-state index contributed by atoms with van der Waals surface area (Å²) in [5.74, 6) is 0.126. The summed E-state index contributed by atoms with van der Waals surface area (Å²) >= 11 is 0. The van der Waals surface area contributed by atoms with Gasteiger partial charge in [-0.05, 0) is 49.6 Å². The Morgan fingerprint density at radius 2 is 2.12 bits per heavy atom. The second kappa shape index (κ2) is 7.70. The molecule has 7 heteroatoms. The molecule has 0 spiro atoms. The lowest BCUT2D eigenvalue weighted by atomic mass is 9.89. The van der Waals surface area contributed by atoms with E-state index >= 15 is 0 Å². The average Bonchev–Trinajstić information content (AvgIpc) is 3.00. The van der Waals surface area contributed by atoms with E-state index in [0.29, 0.717) is 5.92 Å². The van der Waals surface area contributed by atoms with Crippen LogP contribution in [0.4, 0.5) is 4.39 Å². The van der Waals surface area contributed by atoms with Crippen LogP contribution in [-0.2, 0) is 9.84 Å². The van der Waals surface area contributed by atoms with Crippen molar-refractivity contribution in [1.29, 1.82) is 0 Å². The van der Waals surface area contributed by atoms with E-state index in [4.69, 9.17) is 0 Å². The smallest absolute Gasteiger partial charge is 0.156 e. The summed E-state index contributed by atoms with van der Waals surface area (Å²) in [5, 5.41) is 0. The molecule has 5 nitrogen and oxygen atoms in total. The normalized spacial score (nSPS) is 24.0. The number of nitrogens with zero attached hydrogens (tertiary/aromatic N) is 3. The summed E-state index contributed by atoms with van der Waals surface area (Å²) in [6, 6.07) is 6.80. The predicted octanol–water partition coefficient (Wildman–Crippen LogP) is 2.81. The number of aliphatic imine (C=N–C) groups is 2. The third kappa shape index (κ3) is 5.00. The molecule has 1 fully saturated rings. The van der Waals surface area contributed by atoms with Gasteiger partial charge in [-0.2, -0.15) is 0 Å². The lowest BCUT2D eigenvalue weighted by Crippen LogP contribution is -2.33. The van der Waals surface area contributed by atoms with Gasteiger partial charge in [0.2, 0.25) is 0 Å². The Bertz CT molecular complexity index is 813. The van der Waals surface area contributed by atoms with E-state index in [1.165, 1.54) is 12.4 Å². The number of hydrogen-bond acceptors (Lipinski definition) is 5. The van der Waals surface area contributed by atoms with Crippen molar-refractivity contribution in [2.24, 2.45) is 9.98 Å². The van der Waals surface area contributed by atoms with Gasteiger partial charge in [0, 0.05) is 19.3 Å². The Morgan fingerprint density at radius 3 is 2.77 bits per heavy atom. The summed E-state index contributed by atoms with van der Waals surface area (Å²) in [4.78, 5) is 10.1. The van der Waals surface area contributed by atoms with Gasteiger partial charge in [-0.15, -0.1) is 0 Å². The number of hydrogen-bond donors (Lipinski definition) is 0. The molecule has 3 rings (SSSR count). The van der Waals surface area contributed by atoms with Crippen molar-refractivity contribution in [3.63, 3.8) is 0 Å². The maximum Gasteiger partial charge on any atom is 0.156 e. The third-order valence-corrected chi connectivity index (χ3v) is 6.52. The molecule has 26 heavy (non-hydrogen) atoms. The van der Waals surface area contributed by atoms with Crippen LogP contribution in [0.2, 0.25) is 0 Å². The monoisotopic (exact) mass is 377 g/mol. The molecule has 1 aromatic rings. The van der Waals surface area contributed by atoms with Crippen molar-refractivity contribution >= 4 is 22.4 Å². The first-order valence-electron chi connectivity index (χ1n) is 8.80. The Morgan fingerprint density at radius 1 is 1.35 bits per heavy atom. The van der Waals surface area contributed by atoms with Gasteiger partial charge in [-0.25, -0.2) is 17.8 Å². The highest BCUT2D eigenvalue weighted by Gasteiger charge is 2.29. The number of sulfone groups is 1. The predicted molar refractivity (Wildman–Crippen MR) is 103 cm³/mol. The van der Waals surface area contributed by atoms with E-state index in [1.54, 1.807) is 31.3 Å². The summed E-state index contributed by atoms with van der Waals surface area (Å²) in [6.07, 6.45) is 8.41. The van der Waals surface area contributed by atoms with Crippen LogP contribution in [-0.4, -0.2) is 56.0 Å². The second-order valence-corrected chi connectivity index (χ2v) is 9.29. The fraction of sp³-hybridized carbons (Fsp3) is 0.474. The van der Waals surface area contributed by atoms with Crippen molar-refractivity contribution < 1.29 is 12.8 Å². The van der Waals surface area contributed by atoms with Gasteiger partial charge >= 0.3 is 0 Å². The van der Waals surface area contributed by atoms with Gasteiger partial charge in [0.25, 0.3) is 0 Å². The van der Waals surface area contributed by atoms with E-state index in [1.807, 2.05) is 12.3 Å². The molecule has 0 aliphatic carbocycles. The Kier molecular flexibility index (Phi) is 5.55. The lowest BCUT2D eigenvalue weighted by Gasteiger charge is -2.31. The molecule has 1 saturated heterocycles. The Hall–Kier alpha value is -2.02. The molecule has 1 aromatic carbocycles. The molecule has 2 aliphatic heterocycles. The van der Waals surface area contributed by atoms with E-state index in [-0.39, 0.29) is 17.3 Å². The summed E-state index contributed by atoms with van der Waals surface area (Å²) in [7, 11) is -3.24. The topological polar surface area (TPSA) is 62.1 Å². The molecular formula is C19H24FN3O2S. The molecule has 0 N–H and O–H groups in total. The molecular weight excluding hydrogens is 353 g/mol. The van der Waals surface area contributed by atoms with Crippen LogP contribution in [0.3, 0.4) is 0 Å². The fourth-order valence-electron chi connectivity index (χ4n) is 3.45. The summed E-state index contributed by atoms with van der Waals surface area (Å²) < 4.78 is 37.9. The molecule has 1 atom stereocenters. The zero-order valence-corrected chi connectivity index (χ0v) is 15.7.